The third-order valence-corrected chi connectivity index (χ3v) is 3.71. The van der Waals surface area contributed by atoms with Gasteiger partial charge in [0.15, 0.2) is 5.96 Å². The zero-order valence-corrected chi connectivity index (χ0v) is 15.9. The second kappa shape index (κ2) is 9.11. The first-order valence-corrected chi connectivity index (χ1v) is 8.70. The van der Waals surface area contributed by atoms with Crippen molar-refractivity contribution in [3.05, 3.63) is 47.9 Å². The summed E-state index contributed by atoms with van der Waals surface area (Å²) in [5.41, 5.74) is 2.30. The van der Waals surface area contributed by atoms with Crippen molar-refractivity contribution in [2.45, 2.75) is 40.0 Å². The number of hydrogen-bond acceptors (Lipinski definition) is 3. The Bertz CT molecular complexity index is 675. The van der Waals surface area contributed by atoms with Gasteiger partial charge in [0.25, 0.3) is 0 Å². The molecule has 6 heteroatoms. The Kier molecular flexibility index (Phi) is 6.86. The normalized spacial score (nSPS) is 11.7. The van der Waals surface area contributed by atoms with E-state index in [1.165, 1.54) is 5.69 Å². The molecular formula is C19H29N5O. The Morgan fingerprint density at radius 3 is 2.72 bits per heavy atom. The molecule has 0 aliphatic carbocycles. The first kappa shape index (κ1) is 18.8. The van der Waals surface area contributed by atoms with Crippen LogP contribution >= 0.6 is 0 Å². The van der Waals surface area contributed by atoms with E-state index in [2.05, 4.69) is 52.1 Å². The highest BCUT2D eigenvalue weighted by molar-refractivity contribution is 5.79. The molecule has 6 nitrogen and oxygen atoms in total. The van der Waals surface area contributed by atoms with Crippen LogP contribution in [-0.2, 0) is 20.1 Å². The van der Waals surface area contributed by atoms with Gasteiger partial charge in [-0.2, -0.15) is 0 Å². The second-order valence-electron chi connectivity index (χ2n) is 6.31. The standard InChI is InChI=1S/C19H29N5O/c1-6-20-19(24(5)14-17-8-7-11-23(17)4)22-13-16-9-10-18(21-12-16)25-15(2)3/h7-12,15H,6,13-14H2,1-5H3,(H,20,22). The second-order valence-corrected chi connectivity index (χ2v) is 6.31. The molecule has 0 saturated carbocycles. The van der Waals surface area contributed by atoms with E-state index >= 15 is 0 Å². The van der Waals surface area contributed by atoms with Crippen molar-refractivity contribution >= 4 is 5.96 Å². The summed E-state index contributed by atoms with van der Waals surface area (Å²) >= 11 is 0. The van der Waals surface area contributed by atoms with Crippen LogP contribution < -0.4 is 10.1 Å². The number of hydrogen-bond donors (Lipinski definition) is 1. The van der Waals surface area contributed by atoms with E-state index in [1.54, 1.807) is 0 Å². The highest BCUT2D eigenvalue weighted by atomic mass is 16.5. The van der Waals surface area contributed by atoms with Gasteiger partial charge < -0.3 is 19.5 Å². The van der Waals surface area contributed by atoms with Gasteiger partial charge in [-0.15, -0.1) is 0 Å². The minimum Gasteiger partial charge on any atom is -0.475 e. The Labute approximate surface area is 150 Å². The smallest absolute Gasteiger partial charge is 0.213 e. The predicted octanol–water partition coefficient (Wildman–Crippen LogP) is 2.80. The van der Waals surface area contributed by atoms with Crippen molar-refractivity contribution in [2.75, 3.05) is 13.6 Å². The lowest BCUT2D eigenvalue weighted by Gasteiger charge is -2.22. The molecule has 1 N–H and O–H groups in total. The summed E-state index contributed by atoms with van der Waals surface area (Å²) in [6, 6.07) is 8.08. The van der Waals surface area contributed by atoms with Gasteiger partial charge in [0.1, 0.15) is 0 Å². The molecule has 25 heavy (non-hydrogen) atoms. The van der Waals surface area contributed by atoms with Crippen molar-refractivity contribution in [2.24, 2.45) is 12.0 Å². The maximum Gasteiger partial charge on any atom is 0.213 e. The fourth-order valence-electron chi connectivity index (χ4n) is 2.43. The summed E-state index contributed by atoms with van der Waals surface area (Å²) in [5.74, 6) is 1.53. The minimum absolute atomic E-state index is 0.128. The van der Waals surface area contributed by atoms with Gasteiger partial charge in [-0.3, -0.25) is 0 Å². The van der Waals surface area contributed by atoms with Crippen LogP contribution in [0.4, 0.5) is 0 Å². The van der Waals surface area contributed by atoms with E-state index in [4.69, 9.17) is 9.73 Å². The van der Waals surface area contributed by atoms with Crippen molar-refractivity contribution in [1.29, 1.82) is 0 Å². The Hall–Kier alpha value is -2.50. The average molecular weight is 343 g/mol. The molecule has 0 aromatic carbocycles. The van der Waals surface area contributed by atoms with Crippen molar-refractivity contribution in [3.63, 3.8) is 0 Å². The molecule has 0 amide bonds. The Morgan fingerprint density at radius 1 is 1.36 bits per heavy atom. The van der Waals surface area contributed by atoms with E-state index in [9.17, 15) is 0 Å². The Morgan fingerprint density at radius 2 is 2.16 bits per heavy atom. The van der Waals surface area contributed by atoms with E-state index in [-0.39, 0.29) is 6.10 Å². The number of pyridine rings is 1. The molecule has 0 atom stereocenters. The summed E-state index contributed by atoms with van der Waals surface area (Å²) in [7, 11) is 4.10. The molecule has 2 aromatic rings. The molecular weight excluding hydrogens is 314 g/mol. The number of aromatic nitrogens is 2. The summed E-state index contributed by atoms with van der Waals surface area (Å²) in [4.78, 5) is 11.2. The summed E-state index contributed by atoms with van der Waals surface area (Å²) < 4.78 is 7.69. The van der Waals surface area contributed by atoms with Crippen LogP contribution in [0.15, 0.2) is 41.7 Å². The quantitative estimate of drug-likeness (QED) is 0.620. The summed E-state index contributed by atoms with van der Waals surface area (Å²) in [5, 5.41) is 3.34. The van der Waals surface area contributed by atoms with Crippen molar-refractivity contribution in [1.82, 2.24) is 19.8 Å². The van der Waals surface area contributed by atoms with Crippen LogP contribution in [0.1, 0.15) is 32.0 Å². The molecule has 2 heterocycles. The fraction of sp³-hybridized carbons (Fsp3) is 0.474. The number of ether oxygens (including phenoxy) is 1. The first-order valence-electron chi connectivity index (χ1n) is 8.70. The Balaban J connectivity index is 2.02. The molecule has 0 aliphatic rings. The van der Waals surface area contributed by atoms with Crippen molar-refractivity contribution in [3.8, 4) is 5.88 Å². The first-order chi connectivity index (χ1) is 12.0. The lowest BCUT2D eigenvalue weighted by Crippen LogP contribution is -2.38. The minimum atomic E-state index is 0.128. The van der Waals surface area contributed by atoms with Crippen LogP contribution in [0.2, 0.25) is 0 Å². The van der Waals surface area contributed by atoms with Crippen molar-refractivity contribution < 1.29 is 4.74 Å². The molecule has 0 radical (unpaired) electrons. The zero-order chi connectivity index (χ0) is 18.2. The number of nitrogens with zero attached hydrogens (tertiary/aromatic N) is 4. The SMILES string of the molecule is CCNC(=NCc1ccc(OC(C)C)nc1)N(C)Cc1cccn1C. The topological polar surface area (TPSA) is 54.7 Å². The monoisotopic (exact) mass is 343 g/mol. The van der Waals surface area contributed by atoms with Gasteiger partial charge >= 0.3 is 0 Å². The number of aryl methyl sites for hydroxylation is 1. The highest BCUT2D eigenvalue weighted by Gasteiger charge is 2.08. The van der Waals surface area contributed by atoms with Crippen LogP contribution in [-0.4, -0.2) is 40.1 Å². The van der Waals surface area contributed by atoms with E-state index in [1.807, 2.05) is 39.2 Å². The molecule has 0 saturated heterocycles. The molecule has 0 fully saturated rings. The zero-order valence-electron chi connectivity index (χ0n) is 15.9. The van der Waals surface area contributed by atoms with Crippen LogP contribution in [0.3, 0.4) is 0 Å². The van der Waals surface area contributed by atoms with Gasteiger partial charge in [-0.1, -0.05) is 6.07 Å². The maximum atomic E-state index is 5.57. The van der Waals surface area contributed by atoms with E-state index in [0.29, 0.717) is 12.4 Å². The number of rotatable bonds is 7. The molecule has 2 rings (SSSR count). The lowest BCUT2D eigenvalue weighted by molar-refractivity contribution is 0.232. The third kappa shape index (κ3) is 5.81. The van der Waals surface area contributed by atoms with Gasteiger partial charge in [0, 0.05) is 44.8 Å². The van der Waals surface area contributed by atoms with Gasteiger partial charge in [0.2, 0.25) is 5.88 Å². The molecule has 0 unspecified atom stereocenters. The molecule has 2 aromatic heterocycles. The fourth-order valence-corrected chi connectivity index (χ4v) is 2.43. The third-order valence-electron chi connectivity index (χ3n) is 3.71. The van der Waals surface area contributed by atoms with Gasteiger partial charge in [-0.05, 0) is 38.5 Å². The van der Waals surface area contributed by atoms with Crippen LogP contribution in [0.25, 0.3) is 0 Å². The van der Waals surface area contributed by atoms with E-state index < -0.39 is 0 Å². The predicted molar refractivity (Wildman–Crippen MR) is 102 cm³/mol. The highest BCUT2D eigenvalue weighted by Crippen LogP contribution is 2.11. The number of nitrogens with one attached hydrogen (secondary N) is 1. The van der Waals surface area contributed by atoms with E-state index in [0.717, 1.165) is 24.6 Å². The molecule has 136 valence electrons. The maximum absolute atomic E-state index is 5.57. The average Bonchev–Trinajstić information content (AvgIpc) is 2.97. The molecule has 0 aliphatic heterocycles. The largest absolute Gasteiger partial charge is 0.475 e. The van der Waals surface area contributed by atoms with Gasteiger partial charge in [-0.25, -0.2) is 9.98 Å². The number of aliphatic imine (C=N–C) groups is 1. The summed E-state index contributed by atoms with van der Waals surface area (Å²) in [6.45, 7) is 8.26. The number of guanidine groups is 1. The molecule has 0 spiro atoms. The van der Waals surface area contributed by atoms with Crippen LogP contribution in [0, 0.1) is 0 Å². The molecule has 0 bridgehead atoms. The van der Waals surface area contributed by atoms with Gasteiger partial charge in [0.05, 0.1) is 19.2 Å². The summed E-state index contributed by atoms with van der Waals surface area (Å²) in [6.07, 6.45) is 4.00. The van der Waals surface area contributed by atoms with Crippen LogP contribution in [0.5, 0.6) is 5.88 Å². The lowest BCUT2D eigenvalue weighted by atomic mass is 10.3.